The van der Waals surface area contributed by atoms with E-state index in [0.29, 0.717) is 0 Å². The van der Waals surface area contributed by atoms with Crippen LogP contribution in [0.15, 0.2) is 28.7 Å². The first-order chi connectivity index (χ1) is 9.17. The lowest BCUT2D eigenvalue weighted by atomic mass is 9.88. The number of halogens is 1. The molecule has 108 valence electrons. The van der Waals surface area contributed by atoms with E-state index < -0.39 is 0 Å². The molecule has 19 heavy (non-hydrogen) atoms. The van der Waals surface area contributed by atoms with Crippen molar-refractivity contribution < 1.29 is 0 Å². The average Bonchev–Trinajstić information content (AvgIpc) is 2.39. The van der Waals surface area contributed by atoms with Crippen molar-refractivity contribution in [2.24, 2.45) is 11.8 Å². The third-order valence-corrected chi connectivity index (χ3v) is 4.44. The Hall–Kier alpha value is -0.340. The van der Waals surface area contributed by atoms with Gasteiger partial charge in [0.05, 0.1) is 0 Å². The van der Waals surface area contributed by atoms with Crippen LogP contribution in [0.1, 0.15) is 45.6 Å². The molecule has 0 radical (unpaired) electrons. The number of benzene rings is 1. The van der Waals surface area contributed by atoms with Gasteiger partial charge in [0.15, 0.2) is 0 Å². The Bertz CT molecular complexity index is 351. The monoisotopic (exact) mass is 325 g/mol. The Labute approximate surface area is 127 Å². The number of rotatable bonds is 9. The van der Waals surface area contributed by atoms with Gasteiger partial charge in [0.1, 0.15) is 0 Å². The lowest BCUT2D eigenvalue weighted by Crippen LogP contribution is -2.25. The molecular weight excluding hydrogens is 298 g/mol. The third kappa shape index (κ3) is 6.58. The van der Waals surface area contributed by atoms with Crippen molar-refractivity contribution >= 4 is 15.9 Å². The lowest BCUT2D eigenvalue weighted by Gasteiger charge is -2.22. The van der Waals surface area contributed by atoms with E-state index in [4.69, 9.17) is 0 Å². The minimum Gasteiger partial charge on any atom is -0.317 e. The van der Waals surface area contributed by atoms with Crippen molar-refractivity contribution in [3.05, 3.63) is 34.3 Å². The molecule has 1 N–H and O–H groups in total. The molecule has 0 amide bonds. The van der Waals surface area contributed by atoms with Gasteiger partial charge in [0.25, 0.3) is 0 Å². The highest BCUT2D eigenvalue weighted by atomic mass is 79.9. The zero-order chi connectivity index (χ0) is 14.1. The molecule has 2 atom stereocenters. The van der Waals surface area contributed by atoms with Crippen LogP contribution in [0, 0.1) is 11.8 Å². The highest BCUT2D eigenvalue weighted by Crippen LogP contribution is 2.24. The van der Waals surface area contributed by atoms with E-state index in [-0.39, 0.29) is 0 Å². The van der Waals surface area contributed by atoms with E-state index >= 15 is 0 Å². The smallest absolute Gasteiger partial charge is 0.0207 e. The molecule has 0 aromatic heterocycles. The Morgan fingerprint density at radius 2 is 1.95 bits per heavy atom. The Morgan fingerprint density at radius 3 is 2.58 bits per heavy atom. The van der Waals surface area contributed by atoms with Crippen LogP contribution >= 0.6 is 15.9 Å². The molecule has 1 rings (SSSR count). The molecule has 0 aliphatic carbocycles. The van der Waals surface area contributed by atoms with Crippen LogP contribution in [0.25, 0.3) is 0 Å². The number of hydrogen-bond donors (Lipinski definition) is 1. The molecule has 0 heterocycles. The molecular formula is C17H28BrN. The van der Waals surface area contributed by atoms with Gasteiger partial charge >= 0.3 is 0 Å². The maximum Gasteiger partial charge on any atom is 0.0207 e. The van der Waals surface area contributed by atoms with Gasteiger partial charge in [-0.1, -0.05) is 67.7 Å². The predicted octanol–water partition coefficient (Wildman–Crippen LogP) is 5.04. The van der Waals surface area contributed by atoms with Crippen molar-refractivity contribution in [2.75, 3.05) is 13.1 Å². The van der Waals surface area contributed by atoms with E-state index in [2.05, 4.69) is 66.3 Å². The topological polar surface area (TPSA) is 12.0 Å². The van der Waals surface area contributed by atoms with Crippen LogP contribution in [-0.4, -0.2) is 13.1 Å². The van der Waals surface area contributed by atoms with Crippen molar-refractivity contribution in [3.63, 3.8) is 0 Å². The second kappa shape index (κ2) is 9.55. The fourth-order valence-corrected chi connectivity index (χ4v) is 3.19. The molecule has 0 spiro atoms. The highest BCUT2D eigenvalue weighted by molar-refractivity contribution is 9.10. The number of hydrogen-bond acceptors (Lipinski definition) is 1. The summed E-state index contributed by atoms with van der Waals surface area (Å²) in [4.78, 5) is 0. The molecule has 0 fully saturated rings. The van der Waals surface area contributed by atoms with Crippen LogP contribution in [0.5, 0.6) is 0 Å². The minimum absolute atomic E-state index is 0.736. The quantitative estimate of drug-likeness (QED) is 0.670. The van der Waals surface area contributed by atoms with Gasteiger partial charge in [-0.05, 0) is 49.4 Å². The van der Waals surface area contributed by atoms with Crippen LogP contribution < -0.4 is 5.32 Å². The Morgan fingerprint density at radius 1 is 1.21 bits per heavy atom. The molecule has 1 aromatic rings. The van der Waals surface area contributed by atoms with Crippen molar-refractivity contribution in [3.8, 4) is 0 Å². The van der Waals surface area contributed by atoms with Gasteiger partial charge in [-0.25, -0.2) is 0 Å². The normalized spacial score (nSPS) is 14.3. The average molecular weight is 326 g/mol. The van der Waals surface area contributed by atoms with Gasteiger partial charge in [-0.3, -0.25) is 0 Å². The van der Waals surface area contributed by atoms with Crippen molar-refractivity contribution in [1.29, 1.82) is 0 Å². The van der Waals surface area contributed by atoms with Crippen molar-refractivity contribution in [2.45, 2.75) is 46.5 Å². The zero-order valence-corrected chi connectivity index (χ0v) is 14.2. The van der Waals surface area contributed by atoms with Gasteiger partial charge in [0.2, 0.25) is 0 Å². The second-order valence-corrected chi connectivity index (χ2v) is 6.45. The molecule has 0 saturated carbocycles. The van der Waals surface area contributed by atoms with Gasteiger partial charge in [-0.15, -0.1) is 0 Å². The molecule has 1 aromatic carbocycles. The van der Waals surface area contributed by atoms with Gasteiger partial charge < -0.3 is 5.32 Å². The van der Waals surface area contributed by atoms with E-state index in [0.717, 1.165) is 24.9 Å². The molecule has 0 aliphatic heterocycles. The van der Waals surface area contributed by atoms with Gasteiger partial charge in [-0.2, -0.15) is 0 Å². The predicted molar refractivity (Wildman–Crippen MR) is 88.6 cm³/mol. The summed E-state index contributed by atoms with van der Waals surface area (Å²) in [5.41, 5.74) is 1.44. The van der Waals surface area contributed by atoms with Crippen LogP contribution in [-0.2, 0) is 6.42 Å². The summed E-state index contributed by atoms with van der Waals surface area (Å²) in [5.74, 6) is 1.57. The Kier molecular flexibility index (Phi) is 8.40. The summed E-state index contributed by atoms with van der Waals surface area (Å²) in [6, 6.07) is 8.62. The fourth-order valence-electron chi connectivity index (χ4n) is 2.74. The van der Waals surface area contributed by atoms with Crippen LogP contribution in [0.3, 0.4) is 0 Å². The third-order valence-electron chi connectivity index (χ3n) is 3.67. The maximum atomic E-state index is 3.67. The summed E-state index contributed by atoms with van der Waals surface area (Å²) >= 11 is 3.67. The summed E-state index contributed by atoms with van der Waals surface area (Å²) in [5, 5.41) is 3.52. The van der Waals surface area contributed by atoms with E-state index in [1.807, 2.05) is 0 Å². The van der Waals surface area contributed by atoms with E-state index in [1.54, 1.807) is 0 Å². The second-order valence-electron chi connectivity index (χ2n) is 5.60. The molecule has 0 aliphatic rings. The first-order valence-electron chi connectivity index (χ1n) is 7.61. The van der Waals surface area contributed by atoms with Crippen LogP contribution in [0.2, 0.25) is 0 Å². The van der Waals surface area contributed by atoms with E-state index in [1.165, 1.54) is 35.7 Å². The molecule has 1 nitrogen and oxygen atoms in total. The standard InChI is InChI=1S/C17H28BrN/c1-4-8-14(3)11-15(13-19-5-2)12-16-9-6-7-10-17(16)18/h6-7,9-10,14-15,19H,4-5,8,11-13H2,1-3H3. The van der Waals surface area contributed by atoms with Gasteiger partial charge in [0, 0.05) is 4.47 Å². The summed E-state index contributed by atoms with van der Waals surface area (Å²) in [7, 11) is 0. The summed E-state index contributed by atoms with van der Waals surface area (Å²) in [6.07, 6.45) is 5.13. The summed E-state index contributed by atoms with van der Waals surface area (Å²) in [6.45, 7) is 9.05. The van der Waals surface area contributed by atoms with E-state index in [9.17, 15) is 0 Å². The Balaban J connectivity index is 2.60. The van der Waals surface area contributed by atoms with Crippen LogP contribution in [0.4, 0.5) is 0 Å². The fraction of sp³-hybridized carbons (Fsp3) is 0.647. The SMILES string of the molecule is CCCC(C)CC(CNCC)Cc1ccccc1Br. The maximum absolute atomic E-state index is 3.67. The highest BCUT2D eigenvalue weighted by Gasteiger charge is 2.14. The van der Waals surface area contributed by atoms with Crippen molar-refractivity contribution in [1.82, 2.24) is 5.32 Å². The minimum atomic E-state index is 0.736. The summed E-state index contributed by atoms with van der Waals surface area (Å²) < 4.78 is 1.25. The zero-order valence-electron chi connectivity index (χ0n) is 12.6. The first kappa shape index (κ1) is 16.7. The molecule has 0 saturated heterocycles. The number of nitrogens with one attached hydrogen (secondary N) is 1. The largest absolute Gasteiger partial charge is 0.317 e. The molecule has 2 unspecified atom stereocenters. The molecule has 0 bridgehead atoms. The molecule has 2 heteroatoms. The lowest BCUT2D eigenvalue weighted by molar-refractivity contribution is 0.356. The first-order valence-corrected chi connectivity index (χ1v) is 8.40.